The highest BCUT2D eigenvalue weighted by Gasteiger charge is 2.14. The fraction of sp³-hybridized carbons (Fsp3) is 1.00. The average molecular weight is 194 g/mol. The molecule has 0 aliphatic rings. The maximum atomic E-state index is 5.46. The molecule has 0 radical (unpaired) electrons. The van der Waals surface area contributed by atoms with Crippen LogP contribution < -0.4 is 5.73 Å². The summed E-state index contributed by atoms with van der Waals surface area (Å²) in [5, 5.41) is 0. The summed E-state index contributed by atoms with van der Waals surface area (Å²) in [6, 6.07) is 0. The molecule has 0 aromatic rings. The summed E-state index contributed by atoms with van der Waals surface area (Å²) in [5.41, 5.74) is 5.46. The Hall–Kier alpha value is 0.440. The molecule has 9 heavy (non-hydrogen) atoms. The van der Waals surface area contributed by atoms with Crippen LogP contribution in [0.4, 0.5) is 0 Å². The van der Waals surface area contributed by atoms with Gasteiger partial charge >= 0.3 is 0 Å². The monoisotopic (exact) mass is 193 g/mol. The second-order valence-corrected chi connectivity index (χ2v) is 4.03. The third-order valence-corrected chi connectivity index (χ3v) is 3.05. The van der Waals surface area contributed by atoms with Crippen molar-refractivity contribution in [3.63, 3.8) is 0 Å². The van der Waals surface area contributed by atoms with Crippen LogP contribution in [-0.2, 0) is 0 Å². The van der Waals surface area contributed by atoms with Crippen LogP contribution in [0.15, 0.2) is 0 Å². The van der Waals surface area contributed by atoms with E-state index in [9.17, 15) is 0 Å². The molecule has 0 amide bonds. The van der Waals surface area contributed by atoms with Crippen LogP contribution in [0.1, 0.15) is 20.8 Å². The molecule has 0 rings (SSSR count). The summed E-state index contributed by atoms with van der Waals surface area (Å²) >= 11 is 3.52. The van der Waals surface area contributed by atoms with E-state index in [2.05, 4.69) is 36.7 Å². The number of nitrogens with two attached hydrogens (primary N) is 1. The second kappa shape index (κ2) is 4.29. The summed E-state index contributed by atoms with van der Waals surface area (Å²) in [4.78, 5) is 0.484. The van der Waals surface area contributed by atoms with E-state index in [0.717, 1.165) is 12.5 Å². The van der Waals surface area contributed by atoms with Crippen molar-refractivity contribution in [2.75, 3.05) is 6.54 Å². The molecular formula is C7H16BrN. The Kier molecular flexibility index (Phi) is 4.50. The smallest absolute Gasteiger partial charge is 0.0296 e. The Morgan fingerprint density at radius 3 is 1.89 bits per heavy atom. The van der Waals surface area contributed by atoms with Crippen LogP contribution in [0.25, 0.3) is 0 Å². The third kappa shape index (κ3) is 3.21. The van der Waals surface area contributed by atoms with Crippen molar-refractivity contribution >= 4 is 15.9 Å². The van der Waals surface area contributed by atoms with E-state index < -0.39 is 0 Å². The molecule has 0 aliphatic carbocycles. The van der Waals surface area contributed by atoms with Gasteiger partial charge in [0, 0.05) is 11.4 Å². The Morgan fingerprint density at radius 2 is 1.78 bits per heavy atom. The molecule has 0 saturated heterocycles. The SMILES string of the molecule is CC(C)[C@@H](C)C(Br)CN. The van der Waals surface area contributed by atoms with Crippen molar-refractivity contribution in [1.82, 2.24) is 0 Å². The van der Waals surface area contributed by atoms with E-state index in [0.29, 0.717) is 10.7 Å². The maximum Gasteiger partial charge on any atom is 0.0296 e. The van der Waals surface area contributed by atoms with Gasteiger partial charge in [0.15, 0.2) is 0 Å². The fourth-order valence-corrected chi connectivity index (χ4v) is 1.24. The number of alkyl halides is 1. The lowest BCUT2D eigenvalue weighted by atomic mass is 9.95. The van der Waals surface area contributed by atoms with Crippen molar-refractivity contribution in [1.29, 1.82) is 0 Å². The van der Waals surface area contributed by atoms with Gasteiger partial charge in [0.1, 0.15) is 0 Å². The first-order valence-electron chi connectivity index (χ1n) is 3.43. The molecule has 2 heteroatoms. The Labute approximate surface area is 66.1 Å². The van der Waals surface area contributed by atoms with Crippen LogP contribution in [0, 0.1) is 11.8 Å². The molecule has 0 fully saturated rings. The van der Waals surface area contributed by atoms with Crippen molar-refractivity contribution < 1.29 is 0 Å². The zero-order chi connectivity index (χ0) is 7.44. The van der Waals surface area contributed by atoms with Crippen molar-refractivity contribution in [3.8, 4) is 0 Å². The normalized spacial score (nSPS) is 18.0. The number of rotatable bonds is 3. The van der Waals surface area contributed by atoms with Gasteiger partial charge in [-0.15, -0.1) is 0 Å². The predicted molar refractivity (Wildman–Crippen MR) is 45.8 cm³/mol. The molecule has 1 nitrogen and oxygen atoms in total. The highest BCUT2D eigenvalue weighted by Crippen LogP contribution is 2.19. The Bertz CT molecular complexity index is 73.3. The molecule has 0 aliphatic heterocycles. The van der Waals surface area contributed by atoms with Crippen LogP contribution in [0.2, 0.25) is 0 Å². The van der Waals surface area contributed by atoms with E-state index in [4.69, 9.17) is 5.73 Å². The summed E-state index contributed by atoms with van der Waals surface area (Å²) in [6.45, 7) is 7.39. The van der Waals surface area contributed by atoms with E-state index in [1.54, 1.807) is 0 Å². The molecule has 1 unspecified atom stereocenters. The standard InChI is InChI=1S/C7H16BrN/c1-5(2)6(3)7(8)4-9/h5-7H,4,9H2,1-3H3/t6-,7?/m1/s1. The highest BCUT2D eigenvalue weighted by atomic mass is 79.9. The number of hydrogen-bond acceptors (Lipinski definition) is 1. The third-order valence-electron chi connectivity index (χ3n) is 1.85. The number of halogens is 1. The zero-order valence-corrected chi connectivity index (χ0v) is 7.98. The Morgan fingerprint density at radius 1 is 1.33 bits per heavy atom. The van der Waals surface area contributed by atoms with E-state index in [1.165, 1.54) is 0 Å². The minimum Gasteiger partial charge on any atom is -0.329 e. The van der Waals surface area contributed by atoms with Crippen molar-refractivity contribution in [3.05, 3.63) is 0 Å². The molecule has 0 spiro atoms. The fourth-order valence-electron chi connectivity index (χ4n) is 0.632. The lowest BCUT2D eigenvalue weighted by molar-refractivity contribution is 0.412. The summed E-state index contributed by atoms with van der Waals surface area (Å²) in [6.07, 6.45) is 0. The summed E-state index contributed by atoms with van der Waals surface area (Å²) < 4.78 is 0. The zero-order valence-electron chi connectivity index (χ0n) is 6.39. The van der Waals surface area contributed by atoms with Crippen LogP contribution in [0.5, 0.6) is 0 Å². The molecule has 2 atom stereocenters. The predicted octanol–water partition coefficient (Wildman–Crippen LogP) is 2.00. The second-order valence-electron chi connectivity index (χ2n) is 2.85. The lowest BCUT2D eigenvalue weighted by Crippen LogP contribution is -2.24. The van der Waals surface area contributed by atoms with Gasteiger partial charge in [0.25, 0.3) is 0 Å². The quantitative estimate of drug-likeness (QED) is 0.683. The van der Waals surface area contributed by atoms with Gasteiger partial charge in [-0.05, 0) is 11.8 Å². The first kappa shape index (κ1) is 9.44. The van der Waals surface area contributed by atoms with Gasteiger partial charge in [0.2, 0.25) is 0 Å². The maximum absolute atomic E-state index is 5.46. The first-order valence-corrected chi connectivity index (χ1v) is 4.35. The molecule has 2 N–H and O–H groups in total. The largest absolute Gasteiger partial charge is 0.329 e. The van der Waals surface area contributed by atoms with Crippen LogP contribution in [0.3, 0.4) is 0 Å². The van der Waals surface area contributed by atoms with Gasteiger partial charge in [-0.25, -0.2) is 0 Å². The van der Waals surface area contributed by atoms with Gasteiger partial charge in [-0.3, -0.25) is 0 Å². The molecule has 0 bridgehead atoms. The van der Waals surface area contributed by atoms with Gasteiger partial charge in [0.05, 0.1) is 0 Å². The highest BCUT2D eigenvalue weighted by molar-refractivity contribution is 9.09. The molecular weight excluding hydrogens is 178 g/mol. The number of hydrogen-bond donors (Lipinski definition) is 1. The molecule has 56 valence electrons. The van der Waals surface area contributed by atoms with Crippen LogP contribution >= 0.6 is 15.9 Å². The summed E-state index contributed by atoms with van der Waals surface area (Å²) in [5.74, 6) is 1.40. The average Bonchev–Trinajstić information content (AvgIpc) is 1.84. The van der Waals surface area contributed by atoms with E-state index in [-0.39, 0.29) is 0 Å². The molecule has 0 aromatic carbocycles. The van der Waals surface area contributed by atoms with Gasteiger partial charge in [-0.1, -0.05) is 36.7 Å². The van der Waals surface area contributed by atoms with Crippen molar-refractivity contribution in [2.45, 2.75) is 25.6 Å². The topological polar surface area (TPSA) is 26.0 Å². The van der Waals surface area contributed by atoms with Gasteiger partial charge < -0.3 is 5.73 Å². The Balaban J connectivity index is 3.58. The van der Waals surface area contributed by atoms with Crippen LogP contribution in [-0.4, -0.2) is 11.4 Å². The first-order chi connectivity index (χ1) is 4.09. The summed E-state index contributed by atoms with van der Waals surface area (Å²) in [7, 11) is 0. The van der Waals surface area contributed by atoms with Gasteiger partial charge in [-0.2, -0.15) is 0 Å². The molecule has 0 saturated carbocycles. The van der Waals surface area contributed by atoms with E-state index >= 15 is 0 Å². The molecule has 0 aromatic heterocycles. The lowest BCUT2D eigenvalue weighted by Gasteiger charge is -2.19. The van der Waals surface area contributed by atoms with E-state index in [1.807, 2.05) is 0 Å². The van der Waals surface area contributed by atoms with Crippen molar-refractivity contribution in [2.24, 2.45) is 17.6 Å². The minimum absolute atomic E-state index is 0.484. The minimum atomic E-state index is 0.484. The molecule has 0 heterocycles.